The molecule has 0 radical (unpaired) electrons. The number of aromatic nitrogens is 1. The maximum atomic E-state index is 12.0. The predicted molar refractivity (Wildman–Crippen MR) is 89.0 cm³/mol. The van der Waals surface area contributed by atoms with Gasteiger partial charge in [0.2, 0.25) is 11.8 Å². The number of oxazole rings is 1. The Morgan fingerprint density at radius 2 is 1.92 bits per heavy atom. The molecular formula is C18H22N2O4. The second-order valence-corrected chi connectivity index (χ2v) is 6.00. The van der Waals surface area contributed by atoms with Crippen LogP contribution in [0.5, 0.6) is 0 Å². The molecule has 0 unspecified atom stereocenters. The smallest absolute Gasteiger partial charge is 0.328 e. The highest BCUT2D eigenvalue weighted by molar-refractivity contribution is 5.85. The highest BCUT2D eigenvalue weighted by Gasteiger charge is 2.18. The minimum atomic E-state index is -0.697. The van der Waals surface area contributed by atoms with E-state index in [9.17, 15) is 9.59 Å². The number of hydrogen-bond donors (Lipinski definition) is 1. The first-order valence-corrected chi connectivity index (χ1v) is 7.91. The molecule has 0 aliphatic rings. The lowest BCUT2D eigenvalue weighted by Crippen LogP contribution is -2.40. The summed E-state index contributed by atoms with van der Waals surface area (Å²) in [6.07, 6.45) is 1.49. The first-order chi connectivity index (χ1) is 11.5. The third-order valence-corrected chi connectivity index (χ3v) is 3.20. The van der Waals surface area contributed by atoms with Crippen LogP contribution < -0.4 is 5.32 Å². The van der Waals surface area contributed by atoms with Gasteiger partial charge in [-0.2, -0.15) is 0 Å². The second kappa shape index (κ2) is 8.29. The molecule has 1 atom stereocenters. The fourth-order valence-corrected chi connectivity index (χ4v) is 1.99. The van der Waals surface area contributed by atoms with E-state index in [4.69, 9.17) is 9.15 Å². The zero-order chi connectivity index (χ0) is 17.5. The molecule has 6 heteroatoms. The number of benzene rings is 1. The summed E-state index contributed by atoms with van der Waals surface area (Å²) < 4.78 is 10.5. The van der Waals surface area contributed by atoms with Gasteiger partial charge in [-0.25, -0.2) is 9.78 Å². The molecule has 1 aromatic heterocycles. The van der Waals surface area contributed by atoms with Gasteiger partial charge in [0.15, 0.2) is 0 Å². The molecule has 0 bridgehead atoms. The summed E-state index contributed by atoms with van der Waals surface area (Å²) in [6.45, 7) is 5.83. The van der Waals surface area contributed by atoms with E-state index in [1.54, 1.807) is 6.92 Å². The van der Waals surface area contributed by atoms with Gasteiger partial charge in [-0.05, 0) is 25.0 Å². The number of carbonyl (C=O) groups excluding carboxylic acids is 2. The highest BCUT2D eigenvalue weighted by atomic mass is 16.5. The Morgan fingerprint density at radius 3 is 2.58 bits per heavy atom. The molecule has 1 N–H and O–H groups in total. The van der Waals surface area contributed by atoms with Gasteiger partial charge in [-0.15, -0.1) is 0 Å². The molecule has 0 aliphatic heterocycles. The quantitative estimate of drug-likeness (QED) is 0.789. The molecule has 0 aliphatic carbocycles. The van der Waals surface area contributed by atoms with E-state index in [0.29, 0.717) is 18.2 Å². The number of hydrogen-bond acceptors (Lipinski definition) is 5. The second-order valence-electron chi connectivity index (χ2n) is 6.00. The Kier molecular flexibility index (Phi) is 6.12. The highest BCUT2D eigenvalue weighted by Crippen LogP contribution is 2.18. The summed E-state index contributed by atoms with van der Waals surface area (Å²) >= 11 is 0. The van der Waals surface area contributed by atoms with Crippen LogP contribution in [0.25, 0.3) is 11.5 Å². The third-order valence-electron chi connectivity index (χ3n) is 3.20. The van der Waals surface area contributed by atoms with E-state index >= 15 is 0 Å². The summed E-state index contributed by atoms with van der Waals surface area (Å²) in [4.78, 5) is 28.1. The lowest BCUT2D eigenvalue weighted by molar-refractivity contribution is -0.148. The summed E-state index contributed by atoms with van der Waals surface area (Å²) in [5.74, 6) is -0.0368. The van der Waals surface area contributed by atoms with E-state index in [1.807, 2.05) is 44.2 Å². The number of carbonyl (C=O) groups is 2. The van der Waals surface area contributed by atoms with Gasteiger partial charge in [0.1, 0.15) is 12.3 Å². The van der Waals surface area contributed by atoms with Crippen molar-refractivity contribution in [1.29, 1.82) is 0 Å². The van der Waals surface area contributed by atoms with Crippen molar-refractivity contribution in [3.05, 3.63) is 42.3 Å². The van der Waals surface area contributed by atoms with Crippen LogP contribution >= 0.6 is 0 Å². The summed E-state index contributed by atoms with van der Waals surface area (Å²) in [6, 6.07) is 8.73. The molecule has 0 fully saturated rings. The van der Waals surface area contributed by atoms with Gasteiger partial charge in [-0.1, -0.05) is 32.0 Å². The van der Waals surface area contributed by atoms with Crippen LogP contribution in [0.4, 0.5) is 0 Å². The van der Waals surface area contributed by atoms with Crippen molar-refractivity contribution in [2.45, 2.75) is 33.2 Å². The monoisotopic (exact) mass is 330 g/mol. The molecule has 6 nitrogen and oxygen atoms in total. The van der Waals surface area contributed by atoms with Crippen molar-refractivity contribution in [3.8, 4) is 11.5 Å². The van der Waals surface area contributed by atoms with Crippen molar-refractivity contribution in [2.75, 3.05) is 6.61 Å². The molecule has 128 valence electrons. The van der Waals surface area contributed by atoms with Crippen LogP contribution in [0, 0.1) is 5.92 Å². The number of nitrogens with one attached hydrogen (secondary N) is 1. The number of esters is 1. The Balaban J connectivity index is 1.86. The summed E-state index contributed by atoms with van der Waals surface area (Å²) in [5.41, 5.74) is 1.35. The Hall–Kier alpha value is -2.63. The fraction of sp³-hybridized carbons (Fsp3) is 0.389. The van der Waals surface area contributed by atoms with E-state index in [2.05, 4.69) is 10.3 Å². The fourth-order valence-electron chi connectivity index (χ4n) is 1.99. The maximum Gasteiger partial charge on any atom is 0.328 e. The van der Waals surface area contributed by atoms with Crippen LogP contribution in [0.15, 0.2) is 41.0 Å². The van der Waals surface area contributed by atoms with Gasteiger partial charge in [0, 0.05) is 5.56 Å². The standard InChI is InChI=1S/C18H22N2O4/c1-12(2)10-24-18(22)13(3)19-16(21)9-15-11-23-17(20-15)14-7-5-4-6-8-14/h4-8,11-13H,9-10H2,1-3H3,(H,19,21)/t13-/m0/s1. The van der Waals surface area contributed by atoms with Gasteiger partial charge in [-0.3, -0.25) is 4.79 Å². The van der Waals surface area contributed by atoms with Gasteiger partial charge < -0.3 is 14.5 Å². The molecule has 1 amide bonds. The number of nitrogens with zero attached hydrogens (tertiary/aromatic N) is 1. The number of ether oxygens (including phenoxy) is 1. The first kappa shape index (κ1) is 17.7. The van der Waals surface area contributed by atoms with Crippen molar-refractivity contribution >= 4 is 11.9 Å². The molecule has 2 rings (SSSR count). The molecule has 1 heterocycles. The number of amides is 1. The third kappa shape index (κ3) is 5.22. The van der Waals surface area contributed by atoms with E-state index in [0.717, 1.165) is 5.56 Å². The topological polar surface area (TPSA) is 81.4 Å². The van der Waals surface area contributed by atoms with Crippen molar-refractivity contribution in [2.24, 2.45) is 5.92 Å². The van der Waals surface area contributed by atoms with Gasteiger partial charge >= 0.3 is 5.97 Å². The molecule has 2 aromatic rings. The zero-order valence-corrected chi connectivity index (χ0v) is 14.1. The SMILES string of the molecule is CC(C)COC(=O)[C@H](C)NC(=O)Cc1coc(-c2ccccc2)n1. The van der Waals surface area contributed by atoms with Crippen molar-refractivity contribution in [3.63, 3.8) is 0 Å². The van der Waals surface area contributed by atoms with Crippen LogP contribution in [0.3, 0.4) is 0 Å². The predicted octanol–water partition coefficient (Wildman–Crippen LogP) is 2.59. The minimum Gasteiger partial charge on any atom is -0.464 e. The maximum absolute atomic E-state index is 12.0. The van der Waals surface area contributed by atoms with Crippen LogP contribution in [-0.2, 0) is 20.7 Å². The van der Waals surface area contributed by atoms with Gasteiger partial charge in [0.25, 0.3) is 0 Å². The largest absolute Gasteiger partial charge is 0.464 e. The zero-order valence-electron chi connectivity index (χ0n) is 14.1. The van der Waals surface area contributed by atoms with E-state index in [-0.39, 0.29) is 18.2 Å². The Bertz CT molecular complexity index is 679. The molecular weight excluding hydrogens is 308 g/mol. The normalized spacial score (nSPS) is 12.0. The molecule has 0 saturated heterocycles. The van der Waals surface area contributed by atoms with E-state index < -0.39 is 12.0 Å². The van der Waals surface area contributed by atoms with Crippen molar-refractivity contribution in [1.82, 2.24) is 10.3 Å². The van der Waals surface area contributed by atoms with E-state index in [1.165, 1.54) is 6.26 Å². The summed E-state index contributed by atoms with van der Waals surface area (Å²) in [5, 5.41) is 2.61. The van der Waals surface area contributed by atoms with Crippen molar-refractivity contribution < 1.29 is 18.7 Å². The average molecular weight is 330 g/mol. The molecule has 0 spiro atoms. The first-order valence-electron chi connectivity index (χ1n) is 7.91. The van der Waals surface area contributed by atoms with Crippen LogP contribution in [0.2, 0.25) is 0 Å². The molecule has 0 saturated carbocycles. The van der Waals surface area contributed by atoms with Gasteiger partial charge in [0.05, 0.1) is 18.7 Å². The van der Waals surface area contributed by atoms with Crippen LogP contribution in [0.1, 0.15) is 26.5 Å². The lowest BCUT2D eigenvalue weighted by atomic mass is 10.2. The Labute approximate surface area is 141 Å². The molecule has 1 aromatic carbocycles. The average Bonchev–Trinajstić information content (AvgIpc) is 3.01. The van der Waals surface area contributed by atoms with Crippen LogP contribution in [-0.4, -0.2) is 29.5 Å². The lowest BCUT2D eigenvalue weighted by Gasteiger charge is -2.14. The summed E-state index contributed by atoms with van der Waals surface area (Å²) in [7, 11) is 0. The molecule has 24 heavy (non-hydrogen) atoms. The number of rotatable bonds is 7. The Morgan fingerprint density at radius 1 is 1.21 bits per heavy atom. The minimum absolute atomic E-state index is 0.0398.